The van der Waals surface area contributed by atoms with Gasteiger partial charge in [-0.25, -0.2) is 0 Å². The maximum absolute atomic E-state index is 14.6. The molecule has 192 valence electrons. The molecule has 2 aromatic carbocycles. The Morgan fingerprint density at radius 1 is 1.11 bits per heavy atom. The van der Waals surface area contributed by atoms with Crippen molar-refractivity contribution in [3.63, 3.8) is 0 Å². The summed E-state index contributed by atoms with van der Waals surface area (Å²) >= 11 is 0. The van der Waals surface area contributed by atoms with E-state index < -0.39 is 11.5 Å². The van der Waals surface area contributed by atoms with E-state index in [4.69, 9.17) is 4.74 Å². The molecule has 0 radical (unpaired) electrons. The van der Waals surface area contributed by atoms with E-state index >= 15 is 0 Å². The fourth-order valence-corrected chi connectivity index (χ4v) is 6.27. The van der Waals surface area contributed by atoms with E-state index in [1.807, 2.05) is 64.5 Å². The zero-order valence-corrected chi connectivity index (χ0v) is 20.8. The largest absolute Gasteiger partial charge is 0.494 e. The van der Waals surface area contributed by atoms with Crippen molar-refractivity contribution in [2.75, 3.05) is 18.1 Å². The Balaban J connectivity index is 1.39. The number of anilines is 1. The Kier molecular flexibility index (Phi) is 5.27. The van der Waals surface area contributed by atoms with Crippen molar-refractivity contribution >= 4 is 17.5 Å². The molecule has 3 aliphatic heterocycles. The highest BCUT2D eigenvalue weighted by atomic mass is 16.5. The highest BCUT2D eigenvalue weighted by Gasteiger charge is 2.61. The van der Waals surface area contributed by atoms with Crippen LogP contribution in [0.5, 0.6) is 5.75 Å². The second kappa shape index (κ2) is 8.83. The summed E-state index contributed by atoms with van der Waals surface area (Å²) < 4.78 is 9.52. The van der Waals surface area contributed by atoms with Crippen molar-refractivity contribution in [3.05, 3.63) is 90.0 Å². The summed E-state index contributed by atoms with van der Waals surface area (Å²) in [7, 11) is 0. The highest BCUT2D eigenvalue weighted by molar-refractivity contribution is 6.09. The van der Waals surface area contributed by atoms with E-state index in [0.717, 1.165) is 28.9 Å². The third-order valence-corrected chi connectivity index (χ3v) is 7.88. The van der Waals surface area contributed by atoms with E-state index in [9.17, 15) is 9.59 Å². The first-order valence-electron chi connectivity index (χ1n) is 12.9. The predicted octanol–water partition coefficient (Wildman–Crippen LogP) is 2.72. The number of fused-ring (bicyclic) bond motifs is 8. The highest BCUT2D eigenvalue weighted by Crippen LogP contribution is 2.57. The Bertz CT molecular complexity index is 1510. The molecule has 5 heterocycles. The quantitative estimate of drug-likeness (QED) is 0.412. The fourth-order valence-electron chi connectivity index (χ4n) is 6.27. The molecule has 10 heteroatoms. The van der Waals surface area contributed by atoms with Gasteiger partial charge in [-0.05, 0) is 41.8 Å². The Labute approximate surface area is 219 Å². The first-order valence-corrected chi connectivity index (χ1v) is 12.9. The lowest BCUT2D eigenvalue weighted by atomic mass is 9.72. The summed E-state index contributed by atoms with van der Waals surface area (Å²) in [5.41, 5.74) is 2.49. The molecule has 2 aromatic heterocycles. The fraction of sp³-hybridized carbons (Fsp3) is 0.321. The number of ether oxygens (including phenoxy) is 1. The van der Waals surface area contributed by atoms with Gasteiger partial charge in [0.1, 0.15) is 23.4 Å². The number of carbonyl (C=O) groups is 2. The van der Waals surface area contributed by atoms with Gasteiger partial charge in [0.15, 0.2) is 0 Å². The summed E-state index contributed by atoms with van der Waals surface area (Å²) in [5.74, 6) is 0.620. The SMILES string of the molecule is O=C(Cn1cccn1)N1CC[C@]23C(=O)N(Cc4cn(nn4)CCCOc4cccc(c4)[C@H]12)c1ccccc13. The van der Waals surface area contributed by atoms with Crippen LogP contribution < -0.4 is 9.64 Å². The molecule has 38 heavy (non-hydrogen) atoms. The zero-order chi connectivity index (χ0) is 25.7. The van der Waals surface area contributed by atoms with E-state index in [1.54, 1.807) is 27.8 Å². The maximum Gasteiger partial charge on any atom is 0.244 e. The number of aromatic nitrogens is 5. The number of benzene rings is 2. The van der Waals surface area contributed by atoms with E-state index in [1.165, 1.54) is 0 Å². The first-order chi connectivity index (χ1) is 18.6. The average Bonchev–Trinajstić information content (AvgIpc) is 3.72. The van der Waals surface area contributed by atoms with Gasteiger partial charge >= 0.3 is 0 Å². The molecule has 2 amide bonds. The molecule has 7 rings (SSSR count). The van der Waals surface area contributed by atoms with Crippen LogP contribution >= 0.6 is 0 Å². The molecule has 0 saturated carbocycles. The lowest BCUT2D eigenvalue weighted by molar-refractivity contribution is -0.134. The Morgan fingerprint density at radius 3 is 2.92 bits per heavy atom. The van der Waals surface area contributed by atoms with Crippen LogP contribution in [0.4, 0.5) is 5.69 Å². The number of carbonyl (C=O) groups excluding carboxylic acids is 2. The molecule has 0 aliphatic carbocycles. The van der Waals surface area contributed by atoms with Gasteiger partial charge in [-0.3, -0.25) is 19.0 Å². The van der Waals surface area contributed by atoms with Crippen molar-refractivity contribution < 1.29 is 14.3 Å². The Morgan fingerprint density at radius 2 is 2.03 bits per heavy atom. The molecular formula is C28H27N7O3. The van der Waals surface area contributed by atoms with Gasteiger partial charge in [0.25, 0.3) is 0 Å². The number of aryl methyl sites for hydroxylation is 1. The molecule has 6 bridgehead atoms. The summed E-state index contributed by atoms with van der Waals surface area (Å²) in [6.45, 7) is 2.07. The lowest BCUT2D eigenvalue weighted by Crippen LogP contribution is -2.46. The predicted molar refractivity (Wildman–Crippen MR) is 137 cm³/mol. The normalized spacial score (nSPS) is 22.3. The number of nitrogens with zero attached hydrogens (tertiary/aromatic N) is 7. The van der Waals surface area contributed by atoms with Gasteiger partial charge in [-0.2, -0.15) is 5.10 Å². The molecule has 10 nitrogen and oxygen atoms in total. The standard InChI is InChI=1S/C28H27N7O3/c36-25(19-32-12-4-11-29-32)34-14-10-28-23-8-1-2-9-24(23)35(27(28)37)18-21-17-33(31-30-21)13-5-15-38-22-7-3-6-20(16-22)26(28)34/h1-4,6-9,11-12,16-17,26H,5,10,13-15,18-19H2/t26-,28+/m0/s1. The van der Waals surface area contributed by atoms with Crippen LogP contribution in [0, 0.1) is 0 Å². The zero-order valence-electron chi connectivity index (χ0n) is 20.8. The molecule has 1 spiro atoms. The van der Waals surface area contributed by atoms with Crippen LogP contribution in [0.3, 0.4) is 0 Å². The van der Waals surface area contributed by atoms with Gasteiger partial charge < -0.3 is 14.5 Å². The average molecular weight is 510 g/mol. The third-order valence-electron chi connectivity index (χ3n) is 7.88. The Hall–Kier alpha value is -4.47. The molecule has 4 aromatic rings. The van der Waals surface area contributed by atoms with E-state index in [0.29, 0.717) is 38.4 Å². The molecular weight excluding hydrogens is 482 g/mol. The number of hydrogen-bond donors (Lipinski definition) is 0. The molecule has 1 fully saturated rings. The van der Waals surface area contributed by atoms with Gasteiger partial charge in [-0.15, -0.1) is 5.10 Å². The summed E-state index contributed by atoms with van der Waals surface area (Å²) in [6, 6.07) is 17.1. The van der Waals surface area contributed by atoms with Crippen LogP contribution in [-0.4, -0.2) is 54.6 Å². The third kappa shape index (κ3) is 3.51. The van der Waals surface area contributed by atoms with Crippen molar-refractivity contribution in [2.45, 2.75) is 43.9 Å². The maximum atomic E-state index is 14.6. The van der Waals surface area contributed by atoms with Crippen LogP contribution in [0.25, 0.3) is 0 Å². The molecule has 2 atom stereocenters. The minimum Gasteiger partial charge on any atom is -0.494 e. The topological polar surface area (TPSA) is 98.4 Å². The minimum atomic E-state index is -0.925. The second-order valence-electron chi connectivity index (χ2n) is 10.1. The monoisotopic (exact) mass is 509 g/mol. The van der Waals surface area contributed by atoms with Gasteiger partial charge in [-0.1, -0.05) is 35.5 Å². The lowest BCUT2D eigenvalue weighted by Gasteiger charge is -2.35. The number of para-hydroxylation sites is 1. The summed E-state index contributed by atoms with van der Waals surface area (Å²) in [6.07, 6.45) is 6.62. The number of hydrogen-bond acceptors (Lipinski definition) is 6. The van der Waals surface area contributed by atoms with Gasteiger partial charge in [0, 0.05) is 37.6 Å². The molecule has 0 unspecified atom stereocenters. The van der Waals surface area contributed by atoms with Crippen LogP contribution in [0.2, 0.25) is 0 Å². The molecule has 3 aliphatic rings. The van der Waals surface area contributed by atoms with Crippen LogP contribution in [0.1, 0.15) is 35.7 Å². The van der Waals surface area contributed by atoms with E-state index in [2.05, 4.69) is 15.4 Å². The van der Waals surface area contributed by atoms with Crippen molar-refractivity contribution in [2.24, 2.45) is 0 Å². The smallest absolute Gasteiger partial charge is 0.244 e. The van der Waals surface area contributed by atoms with Crippen LogP contribution in [-0.2, 0) is 34.6 Å². The van der Waals surface area contributed by atoms with Crippen LogP contribution in [0.15, 0.2) is 73.2 Å². The number of amides is 2. The van der Waals surface area contributed by atoms with Gasteiger partial charge in [0.05, 0.1) is 25.4 Å². The summed E-state index contributed by atoms with van der Waals surface area (Å²) in [4.78, 5) is 32.0. The van der Waals surface area contributed by atoms with Crippen molar-refractivity contribution in [1.82, 2.24) is 29.7 Å². The number of likely N-dealkylation sites (tertiary alicyclic amines) is 1. The van der Waals surface area contributed by atoms with Crippen molar-refractivity contribution in [1.29, 1.82) is 0 Å². The molecule has 1 saturated heterocycles. The number of rotatable bonds is 2. The second-order valence-corrected chi connectivity index (χ2v) is 10.1. The van der Waals surface area contributed by atoms with Crippen molar-refractivity contribution in [3.8, 4) is 5.75 Å². The molecule has 0 N–H and O–H groups in total. The van der Waals surface area contributed by atoms with Gasteiger partial charge in [0.2, 0.25) is 11.8 Å². The van der Waals surface area contributed by atoms with E-state index in [-0.39, 0.29) is 18.4 Å². The first kappa shape index (κ1) is 22.7. The summed E-state index contributed by atoms with van der Waals surface area (Å²) in [5, 5.41) is 12.8. The minimum absolute atomic E-state index is 0.0196.